The van der Waals surface area contributed by atoms with Gasteiger partial charge >= 0.3 is 5.97 Å². The standard InChI is InChI=1S/C10H13N5O4.C5H9NO3S/c11-8-5-9(13-2-12-8)15(3-14-5)10-7(18)6(17)4(1-16)19-10;1-3(7)6-4(2-10)5(8)9/h2-4,6-7,10,16-18H,1H2,(H2,11,12,13);4,10H,2H2,1H3,(H,6,7)(H,8,9)/t4-,6-,7-,10-;4-/m10/s1. The second kappa shape index (κ2) is 9.80. The van der Waals surface area contributed by atoms with Crippen molar-refractivity contribution in [3.05, 3.63) is 12.7 Å². The van der Waals surface area contributed by atoms with Crippen molar-refractivity contribution in [2.45, 2.75) is 37.5 Å². The van der Waals surface area contributed by atoms with Crippen molar-refractivity contribution in [2.24, 2.45) is 0 Å². The van der Waals surface area contributed by atoms with Gasteiger partial charge in [0.15, 0.2) is 17.7 Å². The van der Waals surface area contributed by atoms with E-state index in [4.69, 9.17) is 20.7 Å². The summed E-state index contributed by atoms with van der Waals surface area (Å²) in [6.07, 6.45) is -1.42. The average molecular weight is 430 g/mol. The lowest BCUT2D eigenvalue weighted by Crippen LogP contribution is -2.40. The lowest BCUT2D eigenvalue weighted by molar-refractivity contribution is -0.140. The molecule has 14 heteroatoms. The van der Waals surface area contributed by atoms with Crippen molar-refractivity contribution >= 4 is 41.5 Å². The Kier molecular flexibility index (Phi) is 7.69. The highest BCUT2D eigenvalue weighted by atomic mass is 32.1. The fraction of sp³-hybridized carbons (Fsp3) is 0.533. The molecule has 3 heterocycles. The van der Waals surface area contributed by atoms with Crippen LogP contribution in [0.4, 0.5) is 5.82 Å². The van der Waals surface area contributed by atoms with Crippen LogP contribution in [-0.4, -0.2) is 88.5 Å². The summed E-state index contributed by atoms with van der Waals surface area (Å²) in [6.45, 7) is 0.873. The van der Waals surface area contributed by atoms with Gasteiger partial charge in [0.25, 0.3) is 0 Å². The molecule has 1 aliphatic rings. The van der Waals surface area contributed by atoms with E-state index in [1.807, 2.05) is 0 Å². The third kappa shape index (κ3) is 5.10. The van der Waals surface area contributed by atoms with E-state index in [1.54, 1.807) is 0 Å². The predicted octanol–water partition coefficient (Wildman–Crippen LogP) is -2.47. The Hall–Kier alpha value is -2.52. The number of amides is 1. The number of hydrogen-bond donors (Lipinski definition) is 7. The molecular formula is C15H22N6O7S. The zero-order chi connectivity index (χ0) is 21.7. The molecule has 1 fully saturated rings. The monoisotopic (exact) mass is 430 g/mol. The maximum Gasteiger partial charge on any atom is 0.327 e. The molecule has 0 aromatic carbocycles. The molecule has 0 spiro atoms. The molecule has 7 N–H and O–H groups in total. The second-order valence-electron chi connectivity index (χ2n) is 6.09. The normalized spacial score (nSPS) is 24.6. The first kappa shape index (κ1) is 22.8. The SMILES string of the molecule is CC(=O)N[C@@H](CS)C(=O)O.Nc1ncnc2c1ncn2[C@@H]1O[C@H](CO)[C@@H](O)[C@H]1O. The molecule has 5 atom stereocenters. The number of fused-ring (bicyclic) bond motifs is 1. The Morgan fingerprint density at radius 3 is 2.52 bits per heavy atom. The van der Waals surface area contributed by atoms with Crippen LogP contribution >= 0.6 is 12.6 Å². The Morgan fingerprint density at radius 1 is 1.34 bits per heavy atom. The van der Waals surface area contributed by atoms with Gasteiger partial charge in [0.05, 0.1) is 12.9 Å². The average Bonchev–Trinajstić information content (AvgIpc) is 3.22. The number of carbonyl (C=O) groups excluding carboxylic acids is 1. The fourth-order valence-electron chi connectivity index (χ4n) is 2.60. The number of aliphatic carboxylic acids is 1. The smallest absolute Gasteiger partial charge is 0.327 e. The number of nitrogen functional groups attached to an aromatic ring is 1. The number of aromatic nitrogens is 4. The minimum absolute atomic E-state index is 0.106. The van der Waals surface area contributed by atoms with Crippen LogP contribution in [0, 0.1) is 0 Å². The van der Waals surface area contributed by atoms with Gasteiger partial charge in [-0.25, -0.2) is 19.7 Å². The van der Waals surface area contributed by atoms with Gasteiger partial charge in [-0.15, -0.1) is 0 Å². The van der Waals surface area contributed by atoms with Crippen molar-refractivity contribution in [1.29, 1.82) is 0 Å². The number of carboxylic acid groups (broad SMARTS) is 1. The summed E-state index contributed by atoms with van der Waals surface area (Å²) in [7, 11) is 0. The minimum Gasteiger partial charge on any atom is -0.480 e. The maximum atomic E-state index is 10.3. The first-order chi connectivity index (χ1) is 13.7. The lowest BCUT2D eigenvalue weighted by atomic mass is 10.1. The van der Waals surface area contributed by atoms with Gasteiger partial charge in [-0.05, 0) is 0 Å². The number of nitrogens with two attached hydrogens (primary N) is 1. The number of imidazole rings is 1. The van der Waals surface area contributed by atoms with Crippen LogP contribution in [0.25, 0.3) is 11.2 Å². The third-order valence-corrected chi connectivity index (χ3v) is 4.40. The number of nitrogens with zero attached hydrogens (tertiary/aromatic N) is 4. The van der Waals surface area contributed by atoms with E-state index < -0.39 is 43.2 Å². The number of ether oxygens (including phenoxy) is 1. The minimum atomic E-state index is -1.19. The van der Waals surface area contributed by atoms with E-state index in [0.29, 0.717) is 11.2 Å². The van der Waals surface area contributed by atoms with Crippen LogP contribution in [0.2, 0.25) is 0 Å². The van der Waals surface area contributed by atoms with Crippen LogP contribution in [0.3, 0.4) is 0 Å². The quantitative estimate of drug-likeness (QED) is 0.247. The molecule has 2 aromatic heterocycles. The van der Waals surface area contributed by atoms with Gasteiger partial charge in [0.1, 0.15) is 36.2 Å². The number of aliphatic hydroxyl groups is 3. The molecule has 1 amide bonds. The van der Waals surface area contributed by atoms with Crippen molar-refractivity contribution in [1.82, 2.24) is 24.8 Å². The number of carboxylic acids is 1. The zero-order valence-corrected chi connectivity index (χ0v) is 16.2. The summed E-state index contributed by atoms with van der Waals surface area (Å²) in [5, 5.41) is 39.3. The van der Waals surface area contributed by atoms with Crippen molar-refractivity contribution in [3.8, 4) is 0 Å². The molecule has 0 bridgehead atoms. The molecule has 1 saturated heterocycles. The van der Waals surface area contributed by atoms with Gasteiger partial charge in [0, 0.05) is 12.7 Å². The third-order valence-electron chi connectivity index (χ3n) is 4.04. The van der Waals surface area contributed by atoms with Crippen molar-refractivity contribution in [2.75, 3.05) is 18.1 Å². The molecule has 0 aliphatic carbocycles. The van der Waals surface area contributed by atoms with E-state index in [2.05, 4.69) is 32.9 Å². The summed E-state index contributed by atoms with van der Waals surface area (Å²) >= 11 is 3.73. The van der Waals surface area contributed by atoms with Crippen LogP contribution in [0.1, 0.15) is 13.2 Å². The molecule has 0 radical (unpaired) electrons. The number of aliphatic hydroxyl groups excluding tert-OH is 3. The molecule has 1 aliphatic heterocycles. The van der Waals surface area contributed by atoms with E-state index in [0.717, 1.165) is 0 Å². The van der Waals surface area contributed by atoms with Crippen LogP contribution in [0.15, 0.2) is 12.7 Å². The highest BCUT2D eigenvalue weighted by Crippen LogP contribution is 2.31. The number of hydrogen-bond acceptors (Lipinski definition) is 11. The summed E-state index contributed by atoms with van der Waals surface area (Å²) < 4.78 is 6.85. The Balaban J connectivity index is 0.000000257. The highest BCUT2D eigenvalue weighted by molar-refractivity contribution is 7.80. The fourth-order valence-corrected chi connectivity index (χ4v) is 2.84. The van der Waals surface area contributed by atoms with E-state index in [-0.39, 0.29) is 17.5 Å². The summed E-state index contributed by atoms with van der Waals surface area (Å²) in [4.78, 5) is 32.4. The van der Waals surface area contributed by atoms with Crippen molar-refractivity contribution in [3.63, 3.8) is 0 Å². The Labute approximate surface area is 169 Å². The predicted molar refractivity (Wildman–Crippen MR) is 102 cm³/mol. The molecule has 29 heavy (non-hydrogen) atoms. The van der Waals surface area contributed by atoms with Gasteiger partial charge in [-0.3, -0.25) is 9.36 Å². The molecule has 0 saturated carbocycles. The zero-order valence-electron chi connectivity index (χ0n) is 15.3. The van der Waals surface area contributed by atoms with Gasteiger partial charge in [0.2, 0.25) is 5.91 Å². The van der Waals surface area contributed by atoms with E-state index in [9.17, 15) is 19.8 Å². The lowest BCUT2D eigenvalue weighted by Gasteiger charge is -2.16. The van der Waals surface area contributed by atoms with E-state index >= 15 is 0 Å². The molecule has 13 nitrogen and oxygen atoms in total. The second-order valence-corrected chi connectivity index (χ2v) is 6.45. The molecular weight excluding hydrogens is 408 g/mol. The first-order valence-electron chi connectivity index (χ1n) is 8.37. The summed E-state index contributed by atoms with van der Waals surface area (Å²) in [5.74, 6) is -1.10. The summed E-state index contributed by atoms with van der Waals surface area (Å²) in [5.41, 5.74) is 6.44. The first-order valence-corrected chi connectivity index (χ1v) is 9.00. The number of anilines is 1. The van der Waals surface area contributed by atoms with E-state index in [1.165, 1.54) is 24.1 Å². The van der Waals surface area contributed by atoms with Gasteiger partial charge in [-0.2, -0.15) is 12.6 Å². The number of carbonyl (C=O) groups is 2. The van der Waals surface area contributed by atoms with Crippen LogP contribution in [0.5, 0.6) is 0 Å². The largest absolute Gasteiger partial charge is 0.480 e. The maximum absolute atomic E-state index is 10.3. The van der Waals surface area contributed by atoms with Crippen molar-refractivity contribution < 1.29 is 34.8 Å². The highest BCUT2D eigenvalue weighted by Gasteiger charge is 2.43. The van der Waals surface area contributed by atoms with Crippen LogP contribution < -0.4 is 11.1 Å². The molecule has 0 unspecified atom stereocenters. The van der Waals surface area contributed by atoms with Crippen LogP contribution in [-0.2, 0) is 14.3 Å². The topological polar surface area (TPSA) is 206 Å². The Morgan fingerprint density at radius 2 is 2.03 bits per heavy atom. The molecule has 3 rings (SSSR count). The number of rotatable bonds is 5. The molecule has 2 aromatic rings. The molecule has 160 valence electrons. The number of nitrogens with one attached hydrogen (secondary N) is 1. The summed E-state index contributed by atoms with van der Waals surface area (Å²) in [6, 6.07) is -0.874. The van der Waals surface area contributed by atoms with Gasteiger partial charge < -0.3 is 36.2 Å². The number of thiol groups is 1. The Bertz CT molecular complexity index is 865. The van der Waals surface area contributed by atoms with Gasteiger partial charge in [-0.1, -0.05) is 0 Å².